The first-order valence-corrected chi connectivity index (χ1v) is 14.0. The maximum Gasteiger partial charge on any atom is 0.157 e. The van der Waals surface area contributed by atoms with Gasteiger partial charge in [0.1, 0.15) is 0 Å². The molecule has 5 nitrogen and oxygen atoms in total. The molecular formula is C29H56N3O2+. The highest BCUT2D eigenvalue weighted by Crippen LogP contribution is 2.15. The molecular weight excluding hydrogens is 422 g/mol. The molecule has 0 rings (SSSR count). The summed E-state index contributed by atoms with van der Waals surface area (Å²) in [5.74, 6) is 0.359. The van der Waals surface area contributed by atoms with Crippen molar-refractivity contribution < 1.29 is 14.1 Å². The molecule has 0 heterocycles. The summed E-state index contributed by atoms with van der Waals surface area (Å²) in [5.41, 5.74) is 0. The topological polar surface area (TPSA) is 58.2 Å². The maximum atomic E-state index is 12.0. The fraction of sp³-hybridized carbons (Fsp3) is 0.793. The summed E-state index contributed by atoms with van der Waals surface area (Å²) in [5, 5.41) is 5.75. The summed E-state index contributed by atoms with van der Waals surface area (Å²) in [6.07, 6.45) is 26.0. The van der Waals surface area contributed by atoms with Gasteiger partial charge < -0.3 is 15.1 Å². The van der Waals surface area contributed by atoms with E-state index in [9.17, 15) is 9.59 Å². The molecule has 0 unspecified atom stereocenters. The average Bonchev–Trinajstić information content (AvgIpc) is 2.82. The van der Waals surface area contributed by atoms with Crippen molar-refractivity contribution in [2.75, 3.05) is 40.8 Å². The quantitative estimate of drug-likeness (QED) is 0.0918. The third-order valence-electron chi connectivity index (χ3n) is 6.67. The highest BCUT2D eigenvalue weighted by Gasteiger charge is 2.21. The largest absolute Gasteiger partial charge is 0.394 e. The summed E-state index contributed by atoms with van der Waals surface area (Å²) in [4.78, 5) is 23.9. The van der Waals surface area contributed by atoms with E-state index in [0.29, 0.717) is 12.8 Å². The molecule has 0 aliphatic carbocycles. The van der Waals surface area contributed by atoms with Gasteiger partial charge in [0.05, 0.1) is 26.7 Å². The smallest absolute Gasteiger partial charge is 0.157 e. The fourth-order valence-corrected chi connectivity index (χ4v) is 4.46. The van der Waals surface area contributed by atoms with Gasteiger partial charge in [-0.05, 0) is 37.4 Å². The first-order chi connectivity index (χ1) is 16.5. The third-order valence-corrected chi connectivity index (χ3v) is 6.67. The van der Waals surface area contributed by atoms with Gasteiger partial charge in [0, 0.05) is 39.8 Å². The molecule has 34 heavy (non-hydrogen) atoms. The zero-order chi connectivity index (χ0) is 25.3. The molecule has 0 radical (unpaired) electrons. The van der Waals surface area contributed by atoms with Crippen LogP contribution in [0.4, 0.5) is 0 Å². The summed E-state index contributed by atoms with van der Waals surface area (Å²) in [6.45, 7) is 5.41. The third kappa shape index (κ3) is 20.9. The van der Waals surface area contributed by atoms with E-state index >= 15 is 0 Å². The first kappa shape index (κ1) is 32.4. The highest BCUT2D eigenvalue weighted by atomic mass is 16.1. The molecule has 5 heteroatoms. The second-order valence-electron chi connectivity index (χ2n) is 10.1. The van der Waals surface area contributed by atoms with Crippen LogP contribution in [0.15, 0.2) is 24.6 Å². The lowest BCUT2D eigenvalue weighted by atomic mass is 10.0. The standard InChI is InChI=1S/C29H55N3O2/c1-5-6-7-8-9-10-11-12-13-14-15-16-25-32(4,26-17-19-28(33)21-23-30-2)27-18-20-29(34)22-24-31-3/h21-24H,5-20,25-27H2,1-4H3,(H-,30,31,33,34)/p+1. The number of nitrogens with one attached hydrogen (secondary N) is 2. The van der Waals surface area contributed by atoms with Crippen LogP contribution >= 0.6 is 0 Å². The Morgan fingerprint density at radius 3 is 1.32 bits per heavy atom. The van der Waals surface area contributed by atoms with Crippen molar-refractivity contribution in [3.05, 3.63) is 24.6 Å². The Balaban J connectivity index is 4.24. The monoisotopic (exact) mass is 478 g/mol. The zero-order valence-corrected chi connectivity index (χ0v) is 23.0. The average molecular weight is 479 g/mol. The van der Waals surface area contributed by atoms with Gasteiger partial charge in [-0.2, -0.15) is 0 Å². The number of hydrogen-bond acceptors (Lipinski definition) is 4. The molecule has 0 aromatic heterocycles. The van der Waals surface area contributed by atoms with Gasteiger partial charge in [-0.1, -0.05) is 71.1 Å². The van der Waals surface area contributed by atoms with Gasteiger partial charge in [-0.15, -0.1) is 0 Å². The molecule has 0 saturated heterocycles. The number of unbranched alkanes of at least 4 members (excludes halogenated alkanes) is 11. The number of carbonyl (C=O) groups is 2. The zero-order valence-electron chi connectivity index (χ0n) is 23.0. The molecule has 0 aromatic rings. The Hall–Kier alpha value is -1.62. The summed E-state index contributed by atoms with van der Waals surface area (Å²) in [7, 11) is 5.92. The number of hydrogen-bond donors (Lipinski definition) is 2. The normalized spacial score (nSPS) is 13.4. The summed E-state index contributed by atoms with van der Waals surface area (Å²) >= 11 is 0. The lowest BCUT2D eigenvalue weighted by Gasteiger charge is -2.35. The number of allylic oxidation sites excluding steroid dienone is 2. The molecule has 0 spiro atoms. The molecule has 0 bridgehead atoms. The SMILES string of the molecule is CCCCCCCCCCCCCC[N+](C)(CCCC(=O)C=CNC)CCCC(=O)C=CNC. The van der Waals surface area contributed by atoms with Gasteiger partial charge in [-0.25, -0.2) is 0 Å². The van der Waals surface area contributed by atoms with E-state index < -0.39 is 0 Å². The van der Waals surface area contributed by atoms with Gasteiger partial charge >= 0.3 is 0 Å². The van der Waals surface area contributed by atoms with Crippen LogP contribution in [0.1, 0.15) is 110 Å². The van der Waals surface area contributed by atoms with Crippen molar-refractivity contribution in [2.45, 2.75) is 110 Å². The maximum absolute atomic E-state index is 12.0. The van der Waals surface area contributed by atoms with Crippen LogP contribution < -0.4 is 10.6 Å². The van der Waals surface area contributed by atoms with Gasteiger partial charge in [0.25, 0.3) is 0 Å². The molecule has 0 aromatic carbocycles. The van der Waals surface area contributed by atoms with Gasteiger partial charge in [0.15, 0.2) is 11.6 Å². The van der Waals surface area contributed by atoms with E-state index in [0.717, 1.165) is 37.0 Å². The van der Waals surface area contributed by atoms with Gasteiger partial charge in [-0.3, -0.25) is 9.59 Å². The van der Waals surface area contributed by atoms with Crippen molar-refractivity contribution >= 4 is 11.6 Å². The van der Waals surface area contributed by atoms with E-state index in [1.165, 1.54) is 77.0 Å². The number of quaternary nitrogens is 1. The predicted octanol–water partition coefficient (Wildman–Crippen LogP) is 6.30. The molecule has 0 amide bonds. The Morgan fingerprint density at radius 1 is 0.588 bits per heavy atom. The van der Waals surface area contributed by atoms with Crippen LogP contribution in [0.5, 0.6) is 0 Å². The minimum absolute atomic E-state index is 0.179. The van der Waals surface area contributed by atoms with Crippen LogP contribution in [0.2, 0.25) is 0 Å². The van der Waals surface area contributed by atoms with E-state index in [1.807, 2.05) is 0 Å². The Bertz CT molecular complexity index is 526. The first-order valence-electron chi connectivity index (χ1n) is 14.0. The highest BCUT2D eigenvalue weighted by molar-refractivity contribution is 5.89. The minimum Gasteiger partial charge on any atom is -0.394 e. The summed E-state index contributed by atoms with van der Waals surface area (Å²) in [6, 6.07) is 0. The molecule has 198 valence electrons. The van der Waals surface area contributed by atoms with Crippen molar-refractivity contribution in [1.82, 2.24) is 10.6 Å². The lowest BCUT2D eigenvalue weighted by molar-refractivity contribution is -0.910. The molecule has 0 fully saturated rings. The molecule has 0 atom stereocenters. The van der Waals surface area contributed by atoms with Gasteiger partial charge in [0.2, 0.25) is 0 Å². The number of ketones is 2. The number of nitrogens with zero attached hydrogens (tertiary/aromatic N) is 1. The van der Waals surface area contributed by atoms with Crippen molar-refractivity contribution in [3.8, 4) is 0 Å². The Kier molecular flexibility index (Phi) is 22.0. The fourth-order valence-electron chi connectivity index (χ4n) is 4.46. The van der Waals surface area contributed by atoms with E-state index in [2.05, 4.69) is 24.6 Å². The minimum atomic E-state index is 0.179. The Labute approximate surface area is 211 Å². The second kappa shape index (κ2) is 23.1. The van der Waals surface area contributed by atoms with Crippen LogP contribution in [0.25, 0.3) is 0 Å². The van der Waals surface area contributed by atoms with Crippen molar-refractivity contribution in [3.63, 3.8) is 0 Å². The number of rotatable bonds is 25. The Morgan fingerprint density at radius 2 is 0.941 bits per heavy atom. The molecule has 0 aliphatic rings. The van der Waals surface area contributed by atoms with E-state index in [4.69, 9.17) is 0 Å². The predicted molar refractivity (Wildman–Crippen MR) is 147 cm³/mol. The van der Waals surface area contributed by atoms with Crippen LogP contribution in [0, 0.1) is 0 Å². The second-order valence-corrected chi connectivity index (χ2v) is 10.1. The summed E-state index contributed by atoms with van der Waals surface area (Å²) < 4.78 is 0.962. The van der Waals surface area contributed by atoms with E-state index in [-0.39, 0.29) is 11.6 Å². The molecule has 0 saturated carbocycles. The van der Waals surface area contributed by atoms with E-state index in [1.54, 1.807) is 38.6 Å². The van der Waals surface area contributed by atoms with Crippen LogP contribution in [0.3, 0.4) is 0 Å². The lowest BCUT2D eigenvalue weighted by Crippen LogP contribution is -2.46. The van der Waals surface area contributed by atoms with Crippen LogP contribution in [-0.4, -0.2) is 56.8 Å². The van der Waals surface area contributed by atoms with Crippen molar-refractivity contribution in [1.29, 1.82) is 0 Å². The number of carbonyl (C=O) groups excluding carboxylic acids is 2. The molecule has 0 aliphatic heterocycles. The van der Waals surface area contributed by atoms with Crippen LogP contribution in [-0.2, 0) is 9.59 Å². The molecule has 2 N–H and O–H groups in total. The van der Waals surface area contributed by atoms with Crippen molar-refractivity contribution in [2.24, 2.45) is 0 Å².